The predicted octanol–water partition coefficient (Wildman–Crippen LogP) is 4.33. The molecular weight excluding hydrogens is 1170 g/mol. The van der Waals surface area contributed by atoms with Crippen molar-refractivity contribution in [1.82, 2.24) is 31.1 Å². The zero-order valence-electron chi connectivity index (χ0n) is 51.5. The van der Waals surface area contributed by atoms with Crippen LogP contribution < -0.4 is 46.7 Å². The average molecular weight is 1250 g/mol. The van der Waals surface area contributed by atoms with Crippen molar-refractivity contribution < 1.29 is 81.5 Å². The fourth-order valence-corrected chi connectivity index (χ4v) is 11.1. The summed E-state index contributed by atoms with van der Waals surface area (Å²) >= 11 is 6.85. The summed E-state index contributed by atoms with van der Waals surface area (Å²) in [6.45, 7) is 10.4. The molecule has 2 saturated heterocycles. The van der Waals surface area contributed by atoms with E-state index in [1.807, 2.05) is 13.0 Å². The molecule has 4 aliphatic heterocycles. The number of imide groups is 1. The lowest BCUT2D eigenvalue weighted by Crippen LogP contribution is -2.63. The number of hydrogen-bond acceptors (Lipinski definition) is 17. The fraction of sp³-hybridized carbons (Fsp3) is 0.541. The summed E-state index contributed by atoms with van der Waals surface area (Å²) in [6.07, 6.45) is 3.99. The number of unbranched alkanes of at least 4 members (excludes halogenated alkanes) is 2. The lowest BCUT2D eigenvalue weighted by atomic mass is 9.83. The summed E-state index contributed by atoms with van der Waals surface area (Å²) < 4.78 is 35.2. The predicted molar refractivity (Wildman–Crippen MR) is 322 cm³/mol. The molecule has 26 nitrogen and oxygen atoms in total. The third kappa shape index (κ3) is 17.2. The summed E-state index contributed by atoms with van der Waals surface area (Å²) in [5, 5.41) is 25.2. The van der Waals surface area contributed by atoms with E-state index in [1.165, 1.54) is 77.6 Å². The largest absolute Gasteiger partial charge is 0.495 e. The maximum atomic E-state index is 14.5. The number of allylic oxidation sites excluding steroid dienone is 3. The molecule has 0 radical (unpaired) electrons. The van der Waals surface area contributed by atoms with Gasteiger partial charge in [0.2, 0.25) is 23.6 Å². The summed E-state index contributed by atoms with van der Waals surface area (Å²) in [5.41, 5.74) is 3.96. The number of primary amides is 1. The first kappa shape index (κ1) is 69.0. The van der Waals surface area contributed by atoms with Crippen LogP contribution in [-0.2, 0) is 58.9 Å². The maximum absolute atomic E-state index is 14.5. The zero-order valence-corrected chi connectivity index (χ0v) is 52.3. The number of fused-ring (bicyclic) bond motifs is 5. The third-order valence-corrected chi connectivity index (χ3v) is 16.6. The zero-order chi connectivity index (χ0) is 64.9. The van der Waals surface area contributed by atoms with Crippen LogP contribution in [0.1, 0.15) is 109 Å². The van der Waals surface area contributed by atoms with Crippen molar-refractivity contribution in [3.8, 4) is 11.5 Å². The number of rotatable bonds is 23. The molecular formula is C61H82ClN9O17. The Kier molecular flexibility index (Phi) is 23.7. The minimum Gasteiger partial charge on any atom is -0.495 e. The lowest BCUT2D eigenvalue weighted by molar-refractivity contribution is -0.158. The Balaban J connectivity index is 1.18. The highest BCUT2D eigenvalue weighted by Gasteiger charge is 2.64. The number of hydrogen-bond donors (Lipinski definition) is 7. The lowest BCUT2D eigenvalue weighted by Gasteiger charge is -2.42. The number of aliphatic hydroxyl groups is 1. The van der Waals surface area contributed by atoms with Crippen LogP contribution in [0.15, 0.2) is 66.3 Å². The van der Waals surface area contributed by atoms with Gasteiger partial charge in [0.15, 0.2) is 5.72 Å². The first-order chi connectivity index (χ1) is 41.5. The normalized spacial score (nSPS) is 24.7. The Hall–Kier alpha value is -8.07. The van der Waals surface area contributed by atoms with Gasteiger partial charge in [-0.15, -0.1) is 0 Å². The molecule has 88 heavy (non-hydrogen) atoms. The third-order valence-electron chi connectivity index (χ3n) is 16.2. The quantitative estimate of drug-likeness (QED) is 0.0352. The number of amides is 10. The number of esters is 1. The van der Waals surface area contributed by atoms with Crippen LogP contribution >= 0.6 is 11.6 Å². The number of ether oxygens (including phenoxy) is 6. The van der Waals surface area contributed by atoms with Crippen LogP contribution in [0, 0.1) is 11.8 Å². The van der Waals surface area contributed by atoms with Crippen molar-refractivity contribution in [2.24, 2.45) is 17.6 Å². The van der Waals surface area contributed by atoms with Gasteiger partial charge in [-0.2, -0.15) is 0 Å². The van der Waals surface area contributed by atoms with Crippen molar-refractivity contribution in [2.45, 2.75) is 153 Å². The van der Waals surface area contributed by atoms with Crippen molar-refractivity contribution in [1.29, 1.82) is 0 Å². The number of urea groups is 1. The Morgan fingerprint density at radius 2 is 1.64 bits per heavy atom. The molecule has 0 unspecified atom stereocenters. The van der Waals surface area contributed by atoms with Gasteiger partial charge < -0.3 is 70.3 Å². The molecule has 2 aromatic rings. The van der Waals surface area contributed by atoms with Crippen LogP contribution in [0.5, 0.6) is 11.5 Å². The number of epoxide rings is 1. The highest BCUT2D eigenvalue weighted by molar-refractivity contribution is 6.35. The first-order valence-electron chi connectivity index (χ1n) is 29.1. The molecule has 8 N–H and O–H groups in total. The van der Waals surface area contributed by atoms with Crippen molar-refractivity contribution in [2.75, 3.05) is 58.7 Å². The number of nitrogens with zero attached hydrogens (tertiary/aromatic N) is 3. The molecule has 0 aromatic heterocycles. The molecule has 4 heterocycles. The van der Waals surface area contributed by atoms with Gasteiger partial charge >= 0.3 is 18.1 Å². The standard InChI is InChI=1S/C61H82ClN9O17/c1-33(2)52(67-47(72)20-13-12-14-26-71-48(73)23-24-49(71)74)55(77)66-40(18-16-25-64-58(63)80)54(76)65-39-22-21-38(30-42(39)83-9)56(78)69(7)36(5)57(79)87-46-31-50(75)70(8)41-28-37(29-43(84-10)51(41)62)27-34(3)17-15-19-45(85-11)61(82)32-44(86-59(81)68-61)35(4)53-60(46,6)88-53/h15,17,19,21-24,28-30,33,35-36,40,44-46,52-53,82H,12-14,16,18,20,25-27,31-32H2,1-11H3,(H,65,76)(H,66,77)(H,67,72)(H,68,81)(H3,63,64,80)/b19-15+,34-17+/t35-,36+,40+,44+,45-,46+,52+,53+,60+,61+/m1/s1. The van der Waals surface area contributed by atoms with Gasteiger partial charge in [0.1, 0.15) is 58.6 Å². The molecule has 480 valence electrons. The van der Waals surface area contributed by atoms with Crippen LogP contribution in [0.3, 0.4) is 0 Å². The van der Waals surface area contributed by atoms with E-state index in [9.17, 15) is 53.1 Å². The summed E-state index contributed by atoms with van der Waals surface area (Å²) in [6, 6.07) is 3.21. The Morgan fingerprint density at radius 1 is 0.943 bits per heavy atom. The minimum atomic E-state index is -1.93. The van der Waals surface area contributed by atoms with Crippen molar-refractivity contribution >= 4 is 82.4 Å². The van der Waals surface area contributed by atoms with E-state index in [1.54, 1.807) is 52.0 Å². The van der Waals surface area contributed by atoms with Crippen LogP contribution in [0.4, 0.5) is 21.0 Å². The molecule has 2 fully saturated rings. The number of anilines is 2. The van der Waals surface area contributed by atoms with E-state index >= 15 is 0 Å². The van der Waals surface area contributed by atoms with Gasteiger partial charge in [0, 0.05) is 70.8 Å². The van der Waals surface area contributed by atoms with E-state index in [0.29, 0.717) is 37.1 Å². The first-order valence-corrected chi connectivity index (χ1v) is 29.5. The Bertz CT molecular complexity index is 3060. The highest BCUT2D eigenvalue weighted by atomic mass is 35.5. The average Bonchev–Trinajstić information content (AvgIpc) is 1.68. The molecule has 27 heteroatoms. The number of carbonyl (C=O) groups is 10. The Labute approximate surface area is 516 Å². The minimum absolute atomic E-state index is 0.00294. The fourth-order valence-electron chi connectivity index (χ4n) is 10.7. The van der Waals surface area contributed by atoms with E-state index in [2.05, 4.69) is 26.6 Å². The smallest absolute Gasteiger partial charge is 0.409 e. The SMILES string of the molecule is COc1cc(C(=O)N(C)[C@@H](C)C(=O)O[C@H]2CC(=O)N(C)c3cc(cc(OC)c3Cl)C/C(C)=C/C=C/[C@@H](OC)[C@@]3(O)C[C@H](OC(=O)N3)[C@@H](C)[C@@H]3O[C@@]23C)ccc1NC(=O)[C@H](CCCNC(N)=O)NC(=O)[C@@H](NC(=O)CCCCCN1C(=O)C=CC1=O)C(C)C. The summed E-state index contributed by atoms with van der Waals surface area (Å²) in [5.74, 6) is -5.48. The number of carbonyl (C=O) groups excluding carboxylic acids is 10. The molecule has 4 aliphatic rings. The molecule has 4 bridgehead atoms. The molecule has 6 rings (SSSR count). The molecule has 0 saturated carbocycles. The number of nitrogens with one attached hydrogen (secondary N) is 5. The summed E-state index contributed by atoms with van der Waals surface area (Å²) in [4.78, 5) is 136. The molecule has 10 amide bonds. The highest BCUT2D eigenvalue weighted by Crippen LogP contribution is 2.49. The number of nitrogens with two attached hydrogens (primary N) is 1. The molecule has 0 spiro atoms. The van der Waals surface area contributed by atoms with Crippen LogP contribution in [0.2, 0.25) is 5.02 Å². The molecule has 10 atom stereocenters. The van der Waals surface area contributed by atoms with E-state index in [4.69, 9.17) is 45.8 Å². The topological polar surface area (TPSA) is 345 Å². The molecule has 2 aromatic carbocycles. The van der Waals surface area contributed by atoms with E-state index in [-0.39, 0.29) is 72.6 Å². The monoisotopic (exact) mass is 1250 g/mol. The maximum Gasteiger partial charge on any atom is 0.409 e. The van der Waals surface area contributed by atoms with Gasteiger partial charge in [-0.3, -0.25) is 43.8 Å². The Morgan fingerprint density at radius 3 is 2.28 bits per heavy atom. The van der Waals surface area contributed by atoms with Gasteiger partial charge in [-0.25, -0.2) is 14.4 Å². The number of likely N-dealkylation sites (N-methyl/N-ethyl adjacent to an activating group) is 1. The van der Waals surface area contributed by atoms with Gasteiger partial charge in [0.25, 0.3) is 17.7 Å². The van der Waals surface area contributed by atoms with E-state index in [0.717, 1.165) is 20.9 Å². The van der Waals surface area contributed by atoms with Gasteiger partial charge in [-0.05, 0) is 94.7 Å². The molecule has 0 aliphatic carbocycles. The van der Waals surface area contributed by atoms with Crippen LogP contribution in [-0.4, -0.2) is 177 Å². The number of halogens is 1. The second-order valence-corrected chi connectivity index (χ2v) is 23.4. The van der Waals surface area contributed by atoms with Gasteiger partial charge in [0.05, 0.1) is 38.1 Å². The van der Waals surface area contributed by atoms with Crippen molar-refractivity contribution in [3.05, 3.63) is 82.4 Å². The number of alkyl carbamates (subject to hydrolysis) is 1. The second kappa shape index (κ2) is 30.2. The van der Waals surface area contributed by atoms with Gasteiger partial charge in [-0.1, -0.05) is 62.6 Å². The second-order valence-electron chi connectivity index (χ2n) is 23.0. The van der Waals surface area contributed by atoms with Crippen LogP contribution in [0.25, 0.3) is 0 Å². The number of methoxy groups -OCH3 is 3. The number of benzene rings is 2. The van der Waals surface area contributed by atoms with Crippen molar-refractivity contribution in [3.63, 3.8) is 0 Å². The van der Waals surface area contributed by atoms with E-state index < -0.39 is 120 Å². The summed E-state index contributed by atoms with van der Waals surface area (Å²) in [7, 11) is 7.03.